The fraction of sp³-hybridized carbons (Fsp3) is 0.226. The smallest absolute Gasteiger partial charge is 0.260 e. The zero-order valence-electron chi connectivity index (χ0n) is 42.6. The van der Waals surface area contributed by atoms with Gasteiger partial charge in [0.15, 0.2) is 0 Å². The second-order valence-corrected chi connectivity index (χ2v) is 23.3. The number of rotatable bonds is 1. The van der Waals surface area contributed by atoms with Gasteiger partial charge in [-0.05, 0) is 178 Å². The summed E-state index contributed by atoms with van der Waals surface area (Å²) in [7, 11) is 0. The number of anilines is 3. The second kappa shape index (κ2) is 14.2. The minimum absolute atomic E-state index is 0.0601. The van der Waals surface area contributed by atoms with E-state index in [1.165, 1.54) is 39.0 Å². The standard InChI is InChI=1S/C62H54B3NO5/c1-31-17-35(5)60(36(6)18-31)66-45-29-49-42(64-40-25-37(61(7,8)9)13-15-47(40)67-53-21-33(3)23-55(69-49)58(53)64)27-39(45)63-43-28-44-51(30-50(43)70-52-20-32(2)19-46(66)57(52)63)71-56-24-34(4)22-54-59(56)65(44)41-26-38(62(10,11)12)14-16-48(41)68-54/h13-30H,1-12H3. The van der Waals surface area contributed by atoms with Gasteiger partial charge < -0.3 is 28.6 Å². The average Bonchev–Trinajstić information content (AvgIpc) is 3.29. The maximum absolute atomic E-state index is 7.26. The van der Waals surface area contributed by atoms with Gasteiger partial charge in [0.25, 0.3) is 20.1 Å². The summed E-state index contributed by atoms with van der Waals surface area (Å²) in [6.07, 6.45) is 0. The van der Waals surface area contributed by atoms with Crippen molar-refractivity contribution in [2.24, 2.45) is 0 Å². The lowest BCUT2D eigenvalue weighted by molar-refractivity contribution is 0.455. The highest BCUT2D eigenvalue weighted by atomic mass is 16.5. The van der Waals surface area contributed by atoms with Gasteiger partial charge in [-0.2, -0.15) is 0 Å². The van der Waals surface area contributed by atoms with E-state index >= 15 is 0 Å². The first-order chi connectivity index (χ1) is 33.9. The average molecular weight is 926 g/mol. The molecule has 9 heteroatoms. The van der Waals surface area contributed by atoms with Crippen molar-refractivity contribution in [2.75, 3.05) is 4.90 Å². The molecule has 0 amide bonds. The summed E-state index contributed by atoms with van der Waals surface area (Å²) in [5.41, 5.74) is 22.9. The van der Waals surface area contributed by atoms with Gasteiger partial charge in [0, 0.05) is 34.4 Å². The van der Waals surface area contributed by atoms with Gasteiger partial charge in [-0.15, -0.1) is 0 Å². The molecule has 0 aliphatic carbocycles. The van der Waals surface area contributed by atoms with Gasteiger partial charge in [0.2, 0.25) is 0 Å². The number of hydrogen-bond donors (Lipinski definition) is 0. The van der Waals surface area contributed by atoms with Crippen LogP contribution in [-0.4, -0.2) is 20.1 Å². The van der Waals surface area contributed by atoms with Crippen LogP contribution in [0.15, 0.2) is 109 Å². The van der Waals surface area contributed by atoms with Crippen molar-refractivity contribution < 1.29 is 23.7 Å². The first kappa shape index (κ1) is 42.6. The maximum atomic E-state index is 7.26. The third-order valence-corrected chi connectivity index (χ3v) is 16.0. The monoisotopic (exact) mass is 925 g/mol. The molecule has 0 radical (unpaired) electrons. The Morgan fingerprint density at radius 3 is 1.15 bits per heavy atom. The summed E-state index contributed by atoms with van der Waals surface area (Å²) < 4.78 is 35.1. The Hall–Kier alpha value is -7.25. The fourth-order valence-corrected chi connectivity index (χ4v) is 12.8. The third kappa shape index (κ3) is 6.11. The number of benzene rings is 8. The van der Waals surface area contributed by atoms with Crippen LogP contribution in [0.5, 0.6) is 57.5 Å². The fourth-order valence-electron chi connectivity index (χ4n) is 12.8. The molecule has 6 aliphatic heterocycles. The van der Waals surface area contributed by atoms with Crippen molar-refractivity contribution in [3.05, 3.63) is 154 Å². The number of nitrogens with zero attached hydrogens (tertiary/aromatic N) is 1. The number of ether oxygens (including phenoxy) is 5. The van der Waals surface area contributed by atoms with Crippen LogP contribution < -0.4 is 77.7 Å². The van der Waals surface area contributed by atoms with Gasteiger partial charge in [-0.1, -0.05) is 95.6 Å². The van der Waals surface area contributed by atoms with Gasteiger partial charge in [0.1, 0.15) is 57.5 Å². The van der Waals surface area contributed by atoms with Gasteiger partial charge in [0.05, 0.1) is 5.69 Å². The molecule has 6 nitrogen and oxygen atoms in total. The molecule has 0 N–H and O–H groups in total. The van der Waals surface area contributed by atoms with Gasteiger partial charge in [-0.3, -0.25) is 0 Å². The molecule has 0 unspecified atom stereocenters. The van der Waals surface area contributed by atoms with Gasteiger partial charge >= 0.3 is 0 Å². The van der Waals surface area contributed by atoms with Crippen molar-refractivity contribution in [3.8, 4) is 57.5 Å². The van der Waals surface area contributed by atoms with E-state index in [-0.39, 0.29) is 31.0 Å². The number of hydrogen-bond acceptors (Lipinski definition) is 6. The molecular weight excluding hydrogens is 871 g/mol. The predicted octanol–water partition coefficient (Wildman–Crippen LogP) is 9.99. The molecule has 0 atom stereocenters. The molecule has 71 heavy (non-hydrogen) atoms. The Balaban J connectivity index is 1.06. The van der Waals surface area contributed by atoms with E-state index in [2.05, 4.69) is 197 Å². The van der Waals surface area contributed by atoms with E-state index in [4.69, 9.17) is 23.7 Å². The van der Waals surface area contributed by atoms with Crippen LogP contribution in [0.3, 0.4) is 0 Å². The van der Waals surface area contributed by atoms with Crippen molar-refractivity contribution in [2.45, 2.75) is 93.9 Å². The van der Waals surface area contributed by atoms with E-state index < -0.39 is 0 Å². The Morgan fingerprint density at radius 2 is 0.690 bits per heavy atom. The van der Waals surface area contributed by atoms with Crippen LogP contribution in [-0.2, 0) is 10.8 Å². The third-order valence-electron chi connectivity index (χ3n) is 16.0. The van der Waals surface area contributed by atoms with Crippen LogP contribution in [0.2, 0.25) is 0 Å². The highest BCUT2D eigenvalue weighted by Crippen LogP contribution is 2.47. The van der Waals surface area contributed by atoms with Crippen LogP contribution in [0, 0.1) is 41.5 Å². The van der Waals surface area contributed by atoms with Crippen LogP contribution in [0.25, 0.3) is 0 Å². The summed E-state index contributed by atoms with van der Waals surface area (Å²) in [5.74, 6) is 8.46. The normalized spacial score (nSPS) is 14.6. The molecular formula is C62H54B3NO5. The van der Waals surface area contributed by atoms with E-state index in [0.29, 0.717) is 0 Å². The van der Waals surface area contributed by atoms with Crippen molar-refractivity contribution >= 4 is 86.4 Å². The molecule has 8 aromatic carbocycles. The van der Waals surface area contributed by atoms with E-state index in [1.54, 1.807) is 0 Å². The van der Waals surface area contributed by atoms with Crippen molar-refractivity contribution in [1.29, 1.82) is 0 Å². The van der Waals surface area contributed by atoms with Crippen molar-refractivity contribution in [1.82, 2.24) is 0 Å². The molecule has 0 saturated carbocycles. The zero-order valence-corrected chi connectivity index (χ0v) is 42.6. The zero-order chi connectivity index (χ0) is 48.9. The quantitative estimate of drug-likeness (QED) is 0.153. The lowest BCUT2D eigenvalue weighted by Gasteiger charge is -2.43. The summed E-state index contributed by atoms with van der Waals surface area (Å²) >= 11 is 0. The SMILES string of the molecule is Cc1cc(C)c(N2c3cc4c(cc3B3c5cc6c(cc5Oc5cc(C)cc2c53)Oc2cc(C)cc3c2B6c2cc(C(C)(C)C)ccc2O3)B2c3cc(C(C)(C)C)ccc3Oc3cc(C)cc(c32)O4)c(C)c1. The minimum atomic E-state index is -0.199. The summed E-state index contributed by atoms with van der Waals surface area (Å²) in [6.45, 7) is 26.3. The molecule has 14 rings (SSSR count). The lowest BCUT2D eigenvalue weighted by atomic mass is 9.30. The lowest BCUT2D eigenvalue weighted by Crippen LogP contribution is -2.64. The molecule has 6 aliphatic rings. The summed E-state index contributed by atoms with van der Waals surface area (Å²) in [5, 5.41) is 0. The van der Waals surface area contributed by atoms with Crippen LogP contribution >= 0.6 is 0 Å². The Labute approximate surface area is 418 Å². The first-order valence-corrected chi connectivity index (χ1v) is 25.2. The van der Waals surface area contributed by atoms with Crippen LogP contribution in [0.4, 0.5) is 17.1 Å². The van der Waals surface area contributed by atoms with E-state index in [0.717, 1.165) is 129 Å². The second-order valence-electron chi connectivity index (χ2n) is 23.3. The molecule has 0 fully saturated rings. The Bertz CT molecular complexity index is 3740. The number of aryl methyl sites for hydroxylation is 6. The minimum Gasteiger partial charge on any atom is -0.458 e. The van der Waals surface area contributed by atoms with Crippen LogP contribution in [0.1, 0.15) is 86.1 Å². The van der Waals surface area contributed by atoms with Gasteiger partial charge in [-0.25, -0.2) is 0 Å². The number of fused-ring (bicyclic) bond motifs is 12. The van der Waals surface area contributed by atoms with E-state index in [9.17, 15) is 0 Å². The molecule has 0 aromatic heterocycles. The predicted molar refractivity (Wildman–Crippen MR) is 293 cm³/mol. The highest BCUT2D eigenvalue weighted by Gasteiger charge is 2.49. The summed E-state index contributed by atoms with van der Waals surface area (Å²) in [4.78, 5) is 2.50. The van der Waals surface area contributed by atoms with Crippen molar-refractivity contribution in [3.63, 3.8) is 0 Å². The molecule has 346 valence electrons. The summed E-state index contributed by atoms with van der Waals surface area (Å²) in [6, 6.07) is 40.8. The maximum Gasteiger partial charge on any atom is 0.260 e. The topological polar surface area (TPSA) is 49.4 Å². The first-order valence-electron chi connectivity index (χ1n) is 25.2. The molecule has 8 aromatic rings. The molecule has 0 saturated heterocycles. The largest absolute Gasteiger partial charge is 0.458 e. The molecule has 0 bridgehead atoms. The van der Waals surface area contributed by atoms with E-state index in [1.807, 2.05) is 0 Å². The Kier molecular flexibility index (Phi) is 8.53. The Morgan fingerprint density at radius 1 is 0.324 bits per heavy atom. The molecule has 6 heterocycles. The molecule has 0 spiro atoms. The highest BCUT2D eigenvalue weighted by molar-refractivity contribution is 7.03.